The fraction of sp³-hybridized carbons (Fsp3) is 0.882. The number of carbonyl (C=O) groups excluding carboxylic acids is 2. The third kappa shape index (κ3) is 9.34. The number of nitrogens with one attached hydrogen (secondary N) is 1. The van der Waals surface area contributed by atoms with E-state index in [0.717, 1.165) is 12.8 Å². The molecule has 1 saturated heterocycles. The number of amides is 1. The van der Waals surface area contributed by atoms with Crippen LogP contribution in [0, 0.1) is 0 Å². The SMILES string of the molecule is CCCCCCCCCCCCOC(=O)[C@@H]1CSCC(=O)N1. The molecule has 22 heavy (non-hydrogen) atoms. The van der Waals surface area contributed by atoms with E-state index in [1.54, 1.807) is 0 Å². The molecule has 1 amide bonds. The molecule has 1 atom stereocenters. The lowest BCUT2D eigenvalue weighted by molar-refractivity contribution is -0.147. The summed E-state index contributed by atoms with van der Waals surface area (Å²) in [7, 11) is 0. The van der Waals surface area contributed by atoms with Crippen LogP contribution in [0.1, 0.15) is 71.1 Å². The summed E-state index contributed by atoms with van der Waals surface area (Å²) in [6.07, 6.45) is 12.7. The maximum absolute atomic E-state index is 11.8. The first kappa shape index (κ1) is 19.3. The Morgan fingerprint density at radius 3 is 2.27 bits per heavy atom. The molecule has 0 aromatic heterocycles. The molecular formula is C17H31NO3S. The highest BCUT2D eigenvalue weighted by molar-refractivity contribution is 8.00. The van der Waals surface area contributed by atoms with Gasteiger partial charge >= 0.3 is 5.97 Å². The summed E-state index contributed by atoms with van der Waals surface area (Å²) in [5, 5.41) is 2.67. The van der Waals surface area contributed by atoms with Crippen LogP contribution in [0.3, 0.4) is 0 Å². The standard InChI is InChI=1S/C17H31NO3S/c1-2-3-4-5-6-7-8-9-10-11-12-21-17(20)15-13-22-14-16(19)18-15/h15H,2-14H2,1H3,(H,18,19)/t15-/m0/s1. The van der Waals surface area contributed by atoms with Crippen molar-refractivity contribution in [2.45, 2.75) is 77.2 Å². The van der Waals surface area contributed by atoms with E-state index in [1.807, 2.05) is 0 Å². The van der Waals surface area contributed by atoms with Crippen LogP contribution in [0.15, 0.2) is 0 Å². The van der Waals surface area contributed by atoms with Gasteiger partial charge in [0.1, 0.15) is 6.04 Å². The Kier molecular flexibility index (Phi) is 11.2. The van der Waals surface area contributed by atoms with Crippen LogP contribution < -0.4 is 5.32 Å². The second-order valence-corrected chi connectivity index (χ2v) is 7.01. The number of thioether (sulfide) groups is 1. The van der Waals surface area contributed by atoms with Gasteiger partial charge in [-0.05, 0) is 6.42 Å². The first-order chi connectivity index (χ1) is 10.7. The molecule has 1 fully saturated rings. The zero-order chi connectivity index (χ0) is 16.0. The average Bonchev–Trinajstić information content (AvgIpc) is 2.52. The summed E-state index contributed by atoms with van der Waals surface area (Å²) in [4.78, 5) is 23.0. The fourth-order valence-electron chi connectivity index (χ4n) is 2.54. The molecule has 0 bridgehead atoms. The lowest BCUT2D eigenvalue weighted by Gasteiger charge is -2.21. The molecule has 0 spiro atoms. The molecule has 1 aliphatic heterocycles. The molecule has 0 radical (unpaired) electrons. The van der Waals surface area contributed by atoms with Crippen molar-refractivity contribution in [3.8, 4) is 0 Å². The summed E-state index contributed by atoms with van der Waals surface area (Å²) in [6, 6.07) is -0.450. The number of rotatable bonds is 12. The van der Waals surface area contributed by atoms with Crippen molar-refractivity contribution in [1.29, 1.82) is 0 Å². The monoisotopic (exact) mass is 329 g/mol. The van der Waals surface area contributed by atoms with Crippen molar-refractivity contribution >= 4 is 23.6 Å². The summed E-state index contributed by atoms with van der Waals surface area (Å²) < 4.78 is 5.23. The van der Waals surface area contributed by atoms with Crippen LogP contribution in [-0.4, -0.2) is 36.0 Å². The number of hydrogen-bond donors (Lipinski definition) is 1. The van der Waals surface area contributed by atoms with E-state index in [4.69, 9.17) is 4.74 Å². The molecule has 1 rings (SSSR count). The van der Waals surface area contributed by atoms with Crippen LogP contribution in [0.2, 0.25) is 0 Å². The zero-order valence-electron chi connectivity index (χ0n) is 13.9. The van der Waals surface area contributed by atoms with Gasteiger partial charge in [-0.15, -0.1) is 11.8 Å². The summed E-state index contributed by atoms with van der Waals surface area (Å²) >= 11 is 1.49. The fourth-order valence-corrected chi connectivity index (χ4v) is 3.38. The zero-order valence-corrected chi connectivity index (χ0v) is 14.7. The number of hydrogen-bond acceptors (Lipinski definition) is 4. The minimum Gasteiger partial charge on any atom is -0.464 e. The van der Waals surface area contributed by atoms with E-state index < -0.39 is 6.04 Å². The van der Waals surface area contributed by atoms with Gasteiger partial charge in [-0.1, -0.05) is 64.7 Å². The molecule has 0 unspecified atom stereocenters. The quantitative estimate of drug-likeness (QED) is 0.438. The number of ether oxygens (including phenoxy) is 1. The van der Waals surface area contributed by atoms with Crippen molar-refractivity contribution in [1.82, 2.24) is 5.32 Å². The highest BCUT2D eigenvalue weighted by Gasteiger charge is 2.26. The lowest BCUT2D eigenvalue weighted by atomic mass is 10.1. The Morgan fingerprint density at radius 1 is 1.09 bits per heavy atom. The van der Waals surface area contributed by atoms with E-state index in [0.29, 0.717) is 18.1 Å². The van der Waals surface area contributed by atoms with Gasteiger partial charge in [0.25, 0.3) is 0 Å². The molecule has 1 aliphatic rings. The second-order valence-electron chi connectivity index (χ2n) is 5.98. The van der Waals surface area contributed by atoms with Crippen LogP contribution in [0.4, 0.5) is 0 Å². The highest BCUT2D eigenvalue weighted by atomic mass is 32.2. The van der Waals surface area contributed by atoms with Gasteiger partial charge in [-0.2, -0.15) is 0 Å². The van der Waals surface area contributed by atoms with Crippen LogP contribution in [0.25, 0.3) is 0 Å². The third-order valence-electron chi connectivity index (χ3n) is 3.88. The van der Waals surface area contributed by atoms with Crippen molar-refractivity contribution in [2.24, 2.45) is 0 Å². The Morgan fingerprint density at radius 2 is 1.68 bits per heavy atom. The second kappa shape index (κ2) is 12.8. The number of esters is 1. The minimum absolute atomic E-state index is 0.0721. The largest absolute Gasteiger partial charge is 0.464 e. The van der Waals surface area contributed by atoms with Crippen molar-refractivity contribution < 1.29 is 14.3 Å². The van der Waals surface area contributed by atoms with E-state index >= 15 is 0 Å². The maximum Gasteiger partial charge on any atom is 0.329 e. The molecule has 1 N–H and O–H groups in total. The number of unbranched alkanes of at least 4 members (excludes halogenated alkanes) is 9. The molecule has 0 saturated carbocycles. The first-order valence-electron chi connectivity index (χ1n) is 8.77. The third-order valence-corrected chi connectivity index (χ3v) is 4.91. The van der Waals surface area contributed by atoms with Gasteiger partial charge in [-0.25, -0.2) is 4.79 Å². The van der Waals surface area contributed by atoms with Crippen LogP contribution in [0.5, 0.6) is 0 Å². The lowest BCUT2D eigenvalue weighted by Crippen LogP contribution is -2.47. The molecular weight excluding hydrogens is 298 g/mol. The molecule has 5 heteroatoms. The van der Waals surface area contributed by atoms with Gasteiger partial charge in [0.2, 0.25) is 5.91 Å². The van der Waals surface area contributed by atoms with E-state index in [-0.39, 0.29) is 11.9 Å². The van der Waals surface area contributed by atoms with Crippen molar-refractivity contribution in [2.75, 3.05) is 18.1 Å². The van der Waals surface area contributed by atoms with Crippen LogP contribution in [-0.2, 0) is 14.3 Å². The molecule has 128 valence electrons. The van der Waals surface area contributed by atoms with Crippen molar-refractivity contribution in [3.05, 3.63) is 0 Å². The number of carbonyl (C=O) groups is 2. The summed E-state index contributed by atoms with van der Waals surface area (Å²) in [6.45, 7) is 2.72. The molecule has 0 aromatic rings. The molecule has 0 aromatic carbocycles. The van der Waals surface area contributed by atoms with Gasteiger partial charge in [0.05, 0.1) is 12.4 Å². The highest BCUT2D eigenvalue weighted by Crippen LogP contribution is 2.12. The van der Waals surface area contributed by atoms with Crippen molar-refractivity contribution in [3.63, 3.8) is 0 Å². The molecule has 0 aliphatic carbocycles. The van der Waals surface area contributed by atoms with Gasteiger partial charge in [0.15, 0.2) is 0 Å². The normalized spacial score (nSPS) is 18.0. The Labute approximate surface area is 139 Å². The molecule has 4 nitrogen and oxygen atoms in total. The Balaban J connectivity index is 1.86. The maximum atomic E-state index is 11.8. The van der Waals surface area contributed by atoms with E-state index in [2.05, 4.69) is 12.2 Å². The Bertz CT molecular complexity index is 323. The summed E-state index contributed by atoms with van der Waals surface area (Å²) in [5.74, 6) is 0.721. The first-order valence-corrected chi connectivity index (χ1v) is 9.93. The predicted octanol–water partition coefficient (Wildman–Crippen LogP) is 3.68. The van der Waals surface area contributed by atoms with Crippen LogP contribution >= 0.6 is 11.8 Å². The van der Waals surface area contributed by atoms with Gasteiger partial charge in [0, 0.05) is 5.75 Å². The minimum atomic E-state index is -0.450. The smallest absolute Gasteiger partial charge is 0.329 e. The van der Waals surface area contributed by atoms with Gasteiger partial charge < -0.3 is 10.1 Å². The van der Waals surface area contributed by atoms with E-state index in [9.17, 15) is 9.59 Å². The Hall–Kier alpha value is -0.710. The summed E-state index contributed by atoms with van der Waals surface area (Å²) in [5.41, 5.74) is 0. The average molecular weight is 330 g/mol. The van der Waals surface area contributed by atoms with Gasteiger partial charge in [-0.3, -0.25) is 4.79 Å². The predicted molar refractivity (Wildman–Crippen MR) is 92.1 cm³/mol. The topological polar surface area (TPSA) is 55.4 Å². The van der Waals surface area contributed by atoms with E-state index in [1.165, 1.54) is 63.1 Å². The molecule has 1 heterocycles.